The van der Waals surface area contributed by atoms with Crippen LogP contribution in [0, 0.1) is 0 Å². The predicted octanol–water partition coefficient (Wildman–Crippen LogP) is 3.04. The minimum atomic E-state index is -3.29. The van der Waals surface area contributed by atoms with Gasteiger partial charge in [-0.25, -0.2) is 13.1 Å². The Kier molecular flexibility index (Phi) is 6.71. The lowest BCUT2D eigenvalue weighted by Gasteiger charge is -2.31. The monoisotopic (exact) mass is 306 g/mol. The summed E-state index contributed by atoms with van der Waals surface area (Å²) in [6.45, 7) is 16.5. The van der Waals surface area contributed by atoms with Gasteiger partial charge in [-0.2, -0.15) is 0 Å². The van der Waals surface area contributed by atoms with Gasteiger partial charge in [-0.3, -0.25) is 0 Å². The van der Waals surface area contributed by atoms with E-state index in [4.69, 9.17) is 0 Å². The average Bonchev–Trinajstić information content (AvgIpc) is 2.10. The largest absolute Gasteiger partial charge is 0.312 e. The molecule has 0 atom stereocenters. The molecule has 122 valence electrons. The molecule has 0 heterocycles. The lowest BCUT2D eigenvalue weighted by atomic mass is 9.98. The third-order valence-electron chi connectivity index (χ3n) is 3.10. The van der Waals surface area contributed by atoms with Crippen molar-refractivity contribution in [1.82, 2.24) is 10.0 Å². The van der Waals surface area contributed by atoms with Crippen LogP contribution in [0.4, 0.5) is 0 Å². The number of rotatable bonds is 7. The molecule has 0 aliphatic carbocycles. The Morgan fingerprint density at radius 3 is 1.75 bits per heavy atom. The summed E-state index contributed by atoms with van der Waals surface area (Å²) in [6, 6.07) is 0. The van der Waals surface area contributed by atoms with E-state index in [9.17, 15) is 8.42 Å². The zero-order valence-corrected chi connectivity index (χ0v) is 15.4. The Bertz CT molecular complexity index is 387. The molecule has 5 heteroatoms. The van der Waals surface area contributed by atoms with Crippen molar-refractivity contribution in [3.8, 4) is 0 Å². The van der Waals surface area contributed by atoms with Gasteiger partial charge in [0.2, 0.25) is 10.0 Å². The molecule has 0 aromatic heterocycles. The van der Waals surface area contributed by atoms with E-state index in [1.54, 1.807) is 20.8 Å². The second-order valence-electron chi connectivity index (χ2n) is 8.24. The molecule has 0 amide bonds. The predicted molar refractivity (Wildman–Crippen MR) is 87.5 cm³/mol. The quantitative estimate of drug-likeness (QED) is 0.711. The third kappa shape index (κ3) is 8.22. The van der Waals surface area contributed by atoms with Crippen molar-refractivity contribution < 1.29 is 8.42 Å². The Labute approximate surface area is 126 Å². The maximum absolute atomic E-state index is 12.2. The van der Waals surface area contributed by atoms with Crippen molar-refractivity contribution in [1.29, 1.82) is 0 Å². The van der Waals surface area contributed by atoms with E-state index in [1.165, 1.54) is 0 Å². The van der Waals surface area contributed by atoms with Crippen LogP contribution >= 0.6 is 0 Å². The van der Waals surface area contributed by atoms with Gasteiger partial charge in [0.25, 0.3) is 0 Å². The molecule has 4 nitrogen and oxygen atoms in total. The molecule has 0 aliphatic heterocycles. The fraction of sp³-hybridized carbons (Fsp3) is 1.00. The molecule has 0 saturated carbocycles. The van der Waals surface area contributed by atoms with Gasteiger partial charge in [-0.15, -0.1) is 0 Å². The standard InChI is InChI=1S/C15H34N2O2S/c1-13(2,3)16-12-10-9-11-15(7,8)17-20(18,19)14(4,5)6/h16-17H,9-12H2,1-8H3. The molecule has 0 bridgehead atoms. The van der Waals surface area contributed by atoms with Crippen LogP contribution in [0.2, 0.25) is 0 Å². The van der Waals surface area contributed by atoms with Gasteiger partial charge in [0.05, 0.1) is 4.75 Å². The first kappa shape index (κ1) is 19.9. The summed E-state index contributed by atoms with van der Waals surface area (Å²) < 4.78 is 26.4. The first-order valence-corrected chi connectivity index (χ1v) is 8.93. The topological polar surface area (TPSA) is 58.2 Å². The zero-order valence-electron chi connectivity index (χ0n) is 14.6. The van der Waals surface area contributed by atoms with E-state index in [0.29, 0.717) is 0 Å². The van der Waals surface area contributed by atoms with E-state index in [0.717, 1.165) is 25.8 Å². The second kappa shape index (κ2) is 6.75. The molecule has 0 aromatic rings. The number of unbranched alkanes of at least 4 members (excludes halogenated alkanes) is 1. The van der Waals surface area contributed by atoms with Crippen molar-refractivity contribution >= 4 is 10.0 Å². The van der Waals surface area contributed by atoms with Crippen molar-refractivity contribution in [3.63, 3.8) is 0 Å². The average molecular weight is 307 g/mol. The number of nitrogens with one attached hydrogen (secondary N) is 2. The lowest BCUT2D eigenvalue weighted by molar-refractivity contribution is 0.378. The summed E-state index contributed by atoms with van der Waals surface area (Å²) in [5, 5.41) is 3.44. The van der Waals surface area contributed by atoms with Gasteiger partial charge < -0.3 is 5.32 Å². The normalized spacial score (nSPS) is 14.6. The number of hydrogen-bond donors (Lipinski definition) is 2. The Morgan fingerprint density at radius 2 is 1.35 bits per heavy atom. The van der Waals surface area contributed by atoms with E-state index >= 15 is 0 Å². The Morgan fingerprint density at radius 1 is 0.850 bits per heavy atom. The summed E-state index contributed by atoms with van der Waals surface area (Å²) in [4.78, 5) is 0. The van der Waals surface area contributed by atoms with E-state index in [1.807, 2.05) is 13.8 Å². The summed E-state index contributed by atoms with van der Waals surface area (Å²) in [5.74, 6) is 0. The van der Waals surface area contributed by atoms with Crippen LogP contribution in [-0.2, 0) is 10.0 Å². The van der Waals surface area contributed by atoms with Gasteiger partial charge in [-0.05, 0) is 74.8 Å². The van der Waals surface area contributed by atoms with Crippen molar-refractivity contribution in [3.05, 3.63) is 0 Å². The van der Waals surface area contributed by atoms with Crippen molar-refractivity contribution in [2.75, 3.05) is 6.54 Å². The van der Waals surface area contributed by atoms with Crippen LogP contribution in [0.3, 0.4) is 0 Å². The van der Waals surface area contributed by atoms with Crippen LogP contribution in [0.25, 0.3) is 0 Å². The second-order valence-corrected chi connectivity index (χ2v) is 10.7. The van der Waals surface area contributed by atoms with Gasteiger partial charge in [-0.1, -0.05) is 6.42 Å². The first-order valence-electron chi connectivity index (χ1n) is 7.45. The van der Waals surface area contributed by atoms with Crippen LogP contribution < -0.4 is 10.0 Å². The van der Waals surface area contributed by atoms with E-state index in [2.05, 4.69) is 30.8 Å². The maximum atomic E-state index is 12.2. The molecule has 0 radical (unpaired) electrons. The van der Waals surface area contributed by atoms with Crippen LogP contribution in [0.15, 0.2) is 0 Å². The fourth-order valence-corrected chi connectivity index (χ4v) is 2.86. The number of hydrogen-bond acceptors (Lipinski definition) is 3. The fourth-order valence-electron chi connectivity index (χ4n) is 1.72. The molecular formula is C15H34N2O2S. The van der Waals surface area contributed by atoms with Gasteiger partial charge in [0, 0.05) is 11.1 Å². The maximum Gasteiger partial charge on any atom is 0.217 e. The highest BCUT2D eigenvalue weighted by Crippen LogP contribution is 2.20. The molecule has 0 aromatic carbocycles. The first-order chi connectivity index (χ1) is 8.66. The van der Waals surface area contributed by atoms with Crippen LogP contribution in [-0.4, -0.2) is 30.8 Å². The molecule has 20 heavy (non-hydrogen) atoms. The smallest absolute Gasteiger partial charge is 0.217 e. The highest BCUT2D eigenvalue weighted by atomic mass is 32.2. The molecule has 0 aliphatic rings. The molecule has 0 spiro atoms. The minimum absolute atomic E-state index is 0.142. The van der Waals surface area contributed by atoms with Gasteiger partial charge >= 0.3 is 0 Å². The Balaban J connectivity index is 4.22. The molecular weight excluding hydrogens is 272 g/mol. The molecule has 0 rings (SSSR count). The lowest BCUT2D eigenvalue weighted by Crippen LogP contribution is -2.50. The zero-order chi connectivity index (χ0) is 16.2. The summed E-state index contributed by atoms with van der Waals surface area (Å²) in [5.41, 5.74) is -0.253. The molecule has 2 N–H and O–H groups in total. The van der Waals surface area contributed by atoms with Crippen molar-refractivity contribution in [2.45, 2.75) is 90.5 Å². The molecule has 0 saturated heterocycles. The summed E-state index contributed by atoms with van der Waals surface area (Å²) in [6.07, 6.45) is 2.90. The molecule has 0 fully saturated rings. The van der Waals surface area contributed by atoms with Gasteiger partial charge in [0.15, 0.2) is 0 Å². The third-order valence-corrected chi connectivity index (χ3v) is 5.53. The molecule has 0 unspecified atom stereocenters. The Hall–Kier alpha value is -0.130. The highest BCUT2D eigenvalue weighted by molar-refractivity contribution is 7.90. The van der Waals surface area contributed by atoms with Gasteiger partial charge in [0.1, 0.15) is 0 Å². The SMILES string of the molecule is CC(C)(C)NCCCCC(C)(C)NS(=O)(=O)C(C)(C)C. The van der Waals surface area contributed by atoms with E-state index < -0.39 is 20.3 Å². The summed E-state index contributed by atoms with van der Waals surface area (Å²) >= 11 is 0. The van der Waals surface area contributed by atoms with Crippen LogP contribution in [0.5, 0.6) is 0 Å². The van der Waals surface area contributed by atoms with Crippen LogP contribution in [0.1, 0.15) is 74.7 Å². The summed E-state index contributed by atoms with van der Waals surface area (Å²) in [7, 11) is -3.29. The number of sulfonamides is 1. The highest BCUT2D eigenvalue weighted by Gasteiger charge is 2.33. The minimum Gasteiger partial charge on any atom is -0.312 e. The van der Waals surface area contributed by atoms with E-state index in [-0.39, 0.29) is 5.54 Å². The van der Waals surface area contributed by atoms with Crippen molar-refractivity contribution in [2.24, 2.45) is 0 Å².